The van der Waals surface area contributed by atoms with E-state index in [0.29, 0.717) is 17.2 Å². The lowest BCUT2D eigenvalue weighted by atomic mass is 10.3. The van der Waals surface area contributed by atoms with Crippen LogP contribution in [0.2, 0.25) is 0 Å². The number of aromatic carboxylic acids is 1. The van der Waals surface area contributed by atoms with Crippen LogP contribution in [0, 0.1) is 6.92 Å². The van der Waals surface area contributed by atoms with Gasteiger partial charge >= 0.3 is 5.97 Å². The molecule has 1 aromatic carbocycles. The number of ether oxygens (including phenoxy) is 1. The number of aryl methyl sites for hydroxylation is 2. The number of carboxylic acid groups (broad SMARTS) is 1. The fourth-order valence-electron chi connectivity index (χ4n) is 2.28. The number of rotatable bonds is 7. The van der Waals surface area contributed by atoms with Crippen LogP contribution in [0.5, 0.6) is 11.6 Å². The lowest BCUT2D eigenvalue weighted by molar-refractivity contribution is 0.0702. The average Bonchev–Trinajstić information content (AvgIpc) is 3.19. The number of hydrogen-bond donors (Lipinski definition) is 1. The standard InChI is InChI=1S/C18H17N3O4S/c1-12-15(10-19-24-11-14-8-9-16(26-14)18(22)23)17(21(2)20-12)25-13-6-4-3-5-7-13/h3-10H,11H2,1-2H3,(H,22,23). The summed E-state index contributed by atoms with van der Waals surface area (Å²) in [5.41, 5.74) is 1.48. The largest absolute Gasteiger partial charge is 0.477 e. The molecule has 0 aliphatic carbocycles. The minimum absolute atomic E-state index is 0.197. The first-order valence-electron chi connectivity index (χ1n) is 7.78. The smallest absolute Gasteiger partial charge is 0.345 e. The van der Waals surface area contributed by atoms with Gasteiger partial charge in [-0.2, -0.15) is 5.10 Å². The molecule has 0 aliphatic heterocycles. The molecule has 1 N–H and O–H groups in total. The van der Waals surface area contributed by atoms with Crippen LogP contribution in [0.15, 0.2) is 47.6 Å². The maximum absolute atomic E-state index is 10.9. The van der Waals surface area contributed by atoms with E-state index >= 15 is 0 Å². The molecule has 0 atom stereocenters. The van der Waals surface area contributed by atoms with Crippen molar-refractivity contribution in [3.63, 3.8) is 0 Å². The van der Waals surface area contributed by atoms with Crippen molar-refractivity contribution >= 4 is 23.5 Å². The summed E-state index contributed by atoms with van der Waals surface area (Å²) in [4.78, 5) is 17.2. The Morgan fingerprint density at radius 2 is 2.08 bits per heavy atom. The Hall–Kier alpha value is -3.13. The fourth-order valence-corrected chi connectivity index (χ4v) is 3.04. The Bertz CT molecular complexity index is 931. The highest BCUT2D eigenvalue weighted by Gasteiger charge is 2.14. The number of carbonyl (C=O) groups is 1. The molecule has 0 radical (unpaired) electrons. The van der Waals surface area contributed by atoms with Gasteiger partial charge < -0.3 is 14.7 Å². The van der Waals surface area contributed by atoms with Gasteiger partial charge in [0.25, 0.3) is 0 Å². The number of aromatic nitrogens is 2. The molecule has 0 saturated carbocycles. The summed E-state index contributed by atoms with van der Waals surface area (Å²) in [6, 6.07) is 12.7. The second-order valence-electron chi connectivity index (χ2n) is 5.42. The number of nitrogens with zero attached hydrogens (tertiary/aromatic N) is 3. The third-order valence-electron chi connectivity index (χ3n) is 3.51. The van der Waals surface area contributed by atoms with E-state index in [1.165, 1.54) is 0 Å². The number of oxime groups is 1. The lowest BCUT2D eigenvalue weighted by Crippen LogP contribution is -1.97. The summed E-state index contributed by atoms with van der Waals surface area (Å²) in [5, 5.41) is 17.2. The Balaban J connectivity index is 1.68. The Kier molecular flexibility index (Phi) is 5.33. The molecular formula is C18H17N3O4S. The first-order chi connectivity index (χ1) is 12.5. The van der Waals surface area contributed by atoms with Gasteiger partial charge in [-0.05, 0) is 31.2 Å². The van der Waals surface area contributed by atoms with Crippen molar-refractivity contribution < 1.29 is 19.5 Å². The van der Waals surface area contributed by atoms with Gasteiger partial charge in [-0.25, -0.2) is 9.48 Å². The van der Waals surface area contributed by atoms with Crippen molar-refractivity contribution in [2.45, 2.75) is 13.5 Å². The number of carboxylic acids is 1. The van der Waals surface area contributed by atoms with E-state index in [0.717, 1.165) is 21.9 Å². The number of benzene rings is 1. The molecule has 0 spiro atoms. The molecule has 0 fully saturated rings. The van der Waals surface area contributed by atoms with Crippen molar-refractivity contribution in [1.29, 1.82) is 0 Å². The van der Waals surface area contributed by atoms with E-state index in [1.807, 2.05) is 37.3 Å². The van der Waals surface area contributed by atoms with Crippen LogP contribution in [0.1, 0.15) is 25.8 Å². The van der Waals surface area contributed by atoms with E-state index in [2.05, 4.69) is 10.3 Å². The number of para-hydroxylation sites is 1. The highest BCUT2D eigenvalue weighted by atomic mass is 32.1. The Morgan fingerprint density at radius 1 is 1.31 bits per heavy atom. The van der Waals surface area contributed by atoms with E-state index in [1.54, 1.807) is 30.1 Å². The van der Waals surface area contributed by atoms with Crippen molar-refractivity contribution in [3.8, 4) is 11.6 Å². The van der Waals surface area contributed by atoms with Crippen molar-refractivity contribution in [2.75, 3.05) is 0 Å². The van der Waals surface area contributed by atoms with Gasteiger partial charge in [-0.3, -0.25) is 0 Å². The van der Waals surface area contributed by atoms with Gasteiger partial charge in [0.2, 0.25) is 5.88 Å². The summed E-state index contributed by atoms with van der Waals surface area (Å²) in [7, 11) is 1.79. The van der Waals surface area contributed by atoms with Gasteiger partial charge in [0.1, 0.15) is 10.6 Å². The zero-order chi connectivity index (χ0) is 18.5. The predicted molar refractivity (Wildman–Crippen MR) is 98.1 cm³/mol. The van der Waals surface area contributed by atoms with Crippen molar-refractivity contribution in [2.24, 2.45) is 12.2 Å². The third kappa shape index (κ3) is 4.09. The molecular weight excluding hydrogens is 354 g/mol. The lowest BCUT2D eigenvalue weighted by Gasteiger charge is -2.06. The van der Waals surface area contributed by atoms with Crippen LogP contribution < -0.4 is 4.74 Å². The molecule has 2 aromatic heterocycles. The number of thiophene rings is 1. The van der Waals surface area contributed by atoms with Crippen LogP contribution in [0.25, 0.3) is 0 Å². The van der Waals surface area contributed by atoms with Gasteiger partial charge in [-0.15, -0.1) is 11.3 Å². The monoisotopic (exact) mass is 371 g/mol. The summed E-state index contributed by atoms with van der Waals surface area (Å²) < 4.78 is 7.54. The molecule has 2 heterocycles. The minimum Gasteiger partial charge on any atom is -0.477 e. The summed E-state index contributed by atoms with van der Waals surface area (Å²) in [6.07, 6.45) is 1.55. The maximum Gasteiger partial charge on any atom is 0.345 e. The topological polar surface area (TPSA) is 85.9 Å². The fraction of sp³-hybridized carbons (Fsp3) is 0.167. The first kappa shape index (κ1) is 17.7. The normalized spacial score (nSPS) is 11.0. The Labute approximate surface area is 154 Å². The molecule has 0 unspecified atom stereocenters. The molecule has 134 valence electrons. The summed E-state index contributed by atoms with van der Waals surface area (Å²) in [6.45, 7) is 2.06. The first-order valence-corrected chi connectivity index (χ1v) is 8.60. The molecule has 0 saturated heterocycles. The van der Waals surface area contributed by atoms with Crippen LogP contribution in [-0.2, 0) is 18.5 Å². The van der Waals surface area contributed by atoms with E-state index in [-0.39, 0.29) is 11.5 Å². The molecule has 8 heteroatoms. The van der Waals surface area contributed by atoms with Crippen LogP contribution in [-0.4, -0.2) is 27.1 Å². The molecule has 7 nitrogen and oxygen atoms in total. The minimum atomic E-state index is -0.946. The van der Waals surface area contributed by atoms with Crippen LogP contribution in [0.3, 0.4) is 0 Å². The van der Waals surface area contributed by atoms with Gasteiger partial charge in [0.15, 0.2) is 6.61 Å². The second-order valence-corrected chi connectivity index (χ2v) is 6.59. The molecule has 3 rings (SSSR count). The second kappa shape index (κ2) is 7.83. The summed E-state index contributed by atoms with van der Waals surface area (Å²) in [5.74, 6) is 0.314. The van der Waals surface area contributed by atoms with Crippen molar-refractivity contribution in [3.05, 3.63) is 63.5 Å². The SMILES string of the molecule is Cc1nn(C)c(Oc2ccccc2)c1C=NOCc1ccc(C(=O)O)s1. The molecule has 0 bridgehead atoms. The molecule has 0 amide bonds. The van der Waals surface area contributed by atoms with E-state index in [9.17, 15) is 4.79 Å². The van der Waals surface area contributed by atoms with Gasteiger partial charge in [-0.1, -0.05) is 23.4 Å². The molecule has 3 aromatic rings. The van der Waals surface area contributed by atoms with E-state index < -0.39 is 5.97 Å². The zero-order valence-corrected chi connectivity index (χ0v) is 15.1. The maximum atomic E-state index is 10.9. The predicted octanol–water partition coefficient (Wildman–Crippen LogP) is 3.83. The van der Waals surface area contributed by atoms with Crippen molar-refractivity contribution in [1.82, 2.24) is 9.78 Å². The average molecular weight is 371 g/mol. The molecule has 0 aliphatic rings. The van der Waals surface area contributed by atoms with Crippen LogP contribution >= 0.6 is 11.3 Å². The quantitative estimate of drug-likeness (QED) is 0.504. The van der Waals surface area contributed by atoms with E-state index in [4.69, 9.17) is 14.7 Å². The Morgan fingerprint density at radius 3 is 2.77 bits per heavy atom. The zero-order valence-electron chi connectivity index (χ0n) is 14.2. The summed E-state index contributed by atoms with van der Waals surface area (Å²) >= 11 is 1.16. The third-order valence-corrected chi connectivity index (χ3v) is 4.55. The van der Waals surface area contributed by atoms with Gasteiger partial charge in [0, 0.05) is 11.9 Å². The highest BCUT2D eigenvalue weighted by Crippen LogP contribution is 2.26. The highest BCUT2D eigenvalue weighted by molar-refractivity contribution is 7.13. The van der Waals surface area contributed by atoms with Crippen LogP contribution in [0.4, 0.5) is 0 Å². The molecule has 26 heavy (non-hydrogen) atoms. The number of hydrogen-bond acceptors (Lipinski definition) is 6. The van der Waals surface area contributed by atoms with Gasteiger partial charge in [0.05, 0.1) is 17.5 Å².